The summed E-state index contributed by atoms with van der Waals surface area (Å²) in [5, 5.41) is 24.3. The Hall–Kier alpha value is -4.24. The van der Waals surface area contributed by atoms with Gasteiger partial charge in [0, 0.05) is 22.4 Å². The predicted molar refractivity (Wildman–Crippen MR) is 129 cm³/mol. The van der Waals surface area contributed by atoms with Crippen molar-refractivity contribution in [1.29, 1.82) is 0 Å². The van der Waals surface area contributed by atoms with Crippen LogP contribution in [0.5, 0.6) is 0 Å². The third-order valence-corrected chi connectivity index (χ3v) is 5.79. The van der Waals surface area contributed by atoms with E-state index in [4.69, 9.17) is 0 Å². The van der Waals surface area contributed by atoms with Crippen molar-refractivity contribution in [3.63, 3.8) is 0 Å². The van der Waals surface area contributed by atoms with Gasteiger partial charge in [-0.3, -0.25) is 9.36 Å². The number of carboxylic acid groups (broad SMARTS) is 1. The van der Waals surface area contributed by atoms with Crippen molar-refractivity contribution in [2.24, 2.45) is 5.10 Å². The molecule has 9 heteroatoms. The van der Waals surface area contributed by atoms with Gasteiger partial charge in [0.1, 0.15) is 0 Å². The van der Waals surface area contributed by atoms with E-state index in [1.807, 2.05) is 66.1 Å². The van der Waals surface area contributed by atoms with E-state index in [0.717, 1.165) is 16.8 Å². The van der Waals surface area contributed by atoms with Gasteiger partial charge in [0.25, 0.3) is 5.91 Å². The number of nitrogens with zero attached hydrogens (tertiary/aromatic N) is 4. The van der Waals surface area contributed by atoms with Gasteiger partial charge < -0.3 is 9.90 Å². The zero-order valence-electron chi connectivity index (χ0n) is 18.2. The summed E-state index contributed by atoms with van der Waals surface area (Å²) < 4.78 is 1.90. The highest BCUT2D eigenvalue weighted by atomic mass is 32.2. The molecule has 1 aromatic heterocycles. The molecule has 0 fully saturated rings. The van der Waals surface area contributed by atoms with Crippen LogP contribution in [0.15, 0.2) is 89.1 Å². The number of nitrogens with one attached hydrogen (secondary N) is 1. The Morgan fingerprint density at radius 3 is 2.44 bits per heavy atom. The van der Waals surface area contributed by atoms with Gasteiger partial charge in [0.15, 0.2) is 11.0 Å². The van der Waals surface area contributed by atoms with E-state index >= 15 is 0 Å². The van der Waals surface area contributed by atoms with Gasteiger partial charge in [-0.25, -0.2) is 5.43 Å². The maximum Gasteiger partial charge on any atom is 0.250 e. The third kappa shape index (κ3) is 5.38. The molecule has 34 heavy (non-hydrogen) atoms. The summed E-state index contributed by atoms with van der Waals surface area (Å²) in [7, 11) is 0. The fraction of sp³-hybridized carbons (Fsp3) is 0.0800. The first kappa shape index (κ1) is 22.9. The van der Waals surface area contributed by atoms with Crippen molar-refractivity contribution in [3.8, 4) is 17.1 Å². The zero-order valence-corrected chi connectivity index (χ0v) is 19.0. The second kappa shape index (κ2) is 10.6. The van der Waals surface area contributed by atoms with Crippen LogP contribution in [0, 0.1) is 6.92 Å². The second-order valence-corrected chi connectivity index (χ2v) is 8.24. The highest BCUT2D eigenvalue weighted by molar-refractivity contribution is 7.99. The number of aromatic nitrogens is 3. The van der Waals surface area contributed by atoms with E-state index in [-0.39, 0.29) is 17.2 Å². The predicted octanol–water partition coefficient (Wildman–Crippen LogP) is 2.85. The fourth-order valence-electron chi connectivity index (χ4n) is 3.19. The summed E-state index contributed by atoms with van der Waals surface area (Å²) in [6.45, 7) is 2.02. The van der Waals surface area contributed by atoms with Gasteiger partial charge in [-0.1, -0.05) is 84.1 Å². The summed E-state index contributed by atoms with van der Waals surface area (Å²) in [5.41, 5.74) is 5.67. The molecule has 0 saturated heterocycles. The largest absolute Gasteiger partial charge is 0.545 e. The molecule has 0 spiro atoms. The number of aromatic carboxylic acids is 1. The molecule has 1 N–H and O–H groups in total. The lowest BCUT2D eigenvalue weighted by atomic mass is 10.1. The third-order valence-electron chi connectivity index (χ3n) is 4.86. The number of carboxylic acids is 1. The standard InChI is InChI=1S/C25H21N5O3S/c1-17-11-13-18(14-12-17)23-28-29-25(30(23)20-8-3-2-4-9-20)34-16-22(31)27-26-15-19-7-5-6-10-21(19)24(32)33/h2-15H,16H2,1H3,(H,27,31)(H,32,33)/p-1/b26-15-. The van der Waals surface area contributed by atoms with Gasteiger partial charge in [-0.05, 0) is 19.1 Å². The number of hydrogen-bond acceptors (Lipinski definition) is 7. The highest BCUT2D eigenvalue weighted by Crippen LogP contribution is 2.28. The number of hydrazone groups is 1. The Labute approximate surface area is 200 Å². The van der Waals surface area contributed by atoms with E-state index in [1.165, 1.54) is 24.0 Å². The van der Waals surface area contributed by atoms with Gasteiger partial charge in [0.2, 0.25) is 0 Å². The number of carbonyl (C=O) groups excluding carboxylic acids is 2. The van der Waals surface area contributed by atoms with E-state index < -0.39 is 5.97 Å². The molecule has 3 aromatic carbocycles. The number of para-hydroxylation sites is 1. The lowest BCUT2D eigenvalue weighted by molar-refractivity contribution is -0.255. The maximum absolute atomic E-state index is 12.4. The van der Waals surface area contributed by atoms with Crippen LogP contribution in [0.25, 0.3) is 17.1 Å². The summed E-state index contributed by atoms with van der Waals surface area (Å²) in [4.78, 5) is 23.5. The Balaban J connectivity index is 1.49. The van der Waals surface area contributed by atoms with Crippen molar-refractivity contribution in [2.75, 3.05) is 5.75 Å². The quantitative estimate of drug-likeness (QED) is 0.241. The van der Waals surface area contributed by atoms with Gasteiger partial charge in [-0.2, -0.15) is 5.10 Å². The molecule has 0 unspecified atom stereocenters. The van der Waals surface area contributed by atoms with E-state index in [0.29, 0.717) is 16.5 Å². The second-order valence-electron chi connectivity index (χ2n) is 7.30. The first-order chi connectivity index (χ1) is 16.5. The molecule has 4 aromatic rings. The first-order valence-electron chi connectivity index (χ1n) is 10.4. The molecule has 1 amide bonds. The number of carbonyl (C=O) groups is 2. The van der Waals surface area contributed by atoms with Crippen LogP contribution in [-0.2, 0) is 4.79 Å². The number of benzene rings is 3. The van der Waals surface area contributed by atoms with Crippen LogP contribution in [0.4, 0.5) is 0 Å². The van der Waals surface area contributed by atoms with Crippen LogP contribution in [0.1, 0.15) is 21.5 Å². The molecule has 0 atom stereocenters. The van der Waals surface area contributed by atoms with E-state index in [1.54, 1.807) is 18.2 Å². The first-order valence-corrected chi connectivity index (χ1v) is 11.3. The summed E-state index contributed by atoms with van der Waals surface area (Å²) in [6, 6.07) is 23.9. The Bertz CT molecular complexity index is 1330. The number of rotatable bonds is 8. The van der Waals surface area contributed by atoms with Crippen molar-refractivity contribution < 1.29 is 14.7 Å². The van der Waals surface area contributed by atoms with Crippen LogP contribution in [0.2, 0.25) is 0 Å². The maximum atomic E-state index is 12.4. The molecule has 4 rings (SSSR count). The molecule has 8 nitrogen and oxygen atoms in total. The SMILES string of the molecule is Cc1ccc(-c2nnc(SCC(=O)N/N=C\c3ccccc3C(=O)[O-])n2-c2ccccc2)cc1. The Morgan fingerprint density at radius 1 is 1.00 bits per heavy atom. The van der Waals surface area contributed by atoms with Crippen LogP contribution in [-0.4, -0.2) is 38.6 Å². The summed E-state index contributed by atoms with van der Waals surface area (Å²) >= 11 is 1.22. The van der Waals surface area contributed by atoms with Gasteiger partial charge >= 0.3 is 0 Å². The van der Waals surface area contributed by atoms with Gasteiger partial charge in [-0.15, -0.1) is 10.2 Å². The number of hydrogen-bond donors (Lipinski definition) is 1. The number of aryl methyl sites for hydroxylation is 1. The molecule has 0 aliphatic carbocycles. The fourth-order valence-corrected chi connectivity index (χ4v) is 3.94. The molecular weight excluding hydrogens is 450 g/mol. The topological polar surface area (TPSA) is 112 Å². The smallest absolute Gasteiger partial charge is 0.250 e. The van der Waals surface area contributed by atoms with Crippen molar-refractivity contribution in [2.45, 2.75) is 12.1 Å². The average molecular weight is 471 g/mol. The molecular formula is C25H20N5O3S-. The molecule has 170 valence electrons. The minimum atomic E-state index is -1.31. The minimum absolute atomic E-state index is 0.00512. The van der Waals surface area contributed by atoms with Crippen molar-refractivity contribution in [1.82, 2.24) is 20.2 Å². The minimum Gasteiger partial charge on any atom is -0.545 e. The van der Waals surface area contributed by atoms with Crippen molar-refractivity contribution in [3.05, 3.63) is 95.6 Å². The average Bonchev–Trinajstić information content (AvgIpc) is 3.28. The van der Waals surface area contributed by atoms with Crippen LogP contribution in [0.3, 0.4) is 0 Å². The molecule has 0 aliphatic heterocycles. The normalized spacial score (nSPS) is 11.0. The molecule has 0 saturated carbocycles. The molecule has 0 aliphatic rings. The molecule has 0 radical (unpaired) electrons. The van der Waals surface area contributed by atoms with Crippen molar-refractivity contribution >= 4 is 29.9 Å². The lowest BCUT2D eigenvalue weighted by Gasteiger charge is -2.10. The Kier molecular flexibility index (Phi) is 7.14. The highest BCUT2D eigenvalue weighted by Gasteiger charge is 2.17. The summed E-state index contributed by atoms with van der Waals surface area (Å²) in [5.74, 6) is -0.968. The zero-order chi connectivity index (χ0) is 23.9. The van der Waals surface area contributed by atoms with Crippen LogP contribution >= 0.6 is 11.8 Å². The number of thioether (sulfide) groups is 1. The van der Waals surface area contributed by atoms with E-state index in [2.05, 4.69) is 20.7 Å². The summed E-state index contributed by atoms with van der Waals surface area (Å²) in [6.07, 6.45) is 1.27. The van der Waals surface area contributed by atoms with Gasteiger partial charge in [0.05, 0.1) is 17.9 Å². The molecule has 1 heterocycles. The van der Waals surface area contributed by atoms with Crippen LogP contribution < -0.4 is 10.5 Å². The Morgan fingerprint density at radius 2 is 1.71 bits per heavy atom. The number of amides is 1. The monoisotopic (exact) mass is 470 g/mol. The van der Waals surface area contributed by atoms with E-state index in [9.17, 15) is 14.7 Å². The molecule has 0 bridgehead atoms. The lowest BCUT2D eigenvalue weighted by Crippen LogP contribution is -2.24.